The minimum Gasteiger partial charge on any atom is -0.478 e. The minimum atomic E-state index is -2.05. The molecule has 60 heavy (non-hydrogen) atoms. The van der Waals surface area contributed by atoms with E-state index >= 15 is 0 Å². The van der Waals surface area contributed by atoms with Gasteiger partial charge in [-0.15, -0.1) is 0 Å². The number of pyridine rings is 2. The molecule has 0 aliphatic heterocycles. The molecular formula is C48H48F2N6O3Si. The number of hydrogen-bond acceptors (Lipinski definition) is 5. The zero-order valence-corrected chi connectivity index (χ0v) is 35.2. The molecule has 4 heterocycles. The van der Waals surface area contributed by atoms with Gasteiger partial charge in [-0.2, -0.15) is 0 Å². The van der Waals surface area contributed by atoms with Gasteiger partial charge in [0.25, 0.3) is 5.91 Å². The van der Waals surface area contributed by atoms with Crippen molar-refractivity contribution in [3.05, 3.63) is 180 Å². The van der Waals surface area contributed by atoms with Gasteiger partial charge in [0.1, 0.15) is 22.9 Å². The second-order valence-electron chi connectivity index (χ2n) is 15.8. The lowest BCUT2D eigenvalue weighted by molar-refractivity contribution is 0.0698. The monoisotopic (exact) mass is 822 g/mol. The largest absolute Gasteiger partial charge is 0.478 e. The third-order valence-corrected chi connectivity index (χ3v) is 16.0. The Morgan fingerprint density at radius 2 is 1.28 bits per heavy atom. The van der Waals surface area contributed by atoms with Crippen molar-refractivity contribution in [2.24, 2.45) is 5.73 Å². The lowest BCUT2D eigenvalue weighted by Gasteiger charge is -2.38. The normalized spacial score (nSPS) is 11.3. The van der Waals surface area contributed by atoms with Gasteiger partial charge < -0.3 is 25.4 Å². The van der Waals surface area contributed by atoms with Gasteiger partial charge in [0.05, 0.1) is 11.1 Å². The lowest BCUT2D eigenvalue weighted by atomic mass is 10.1. The van der Waals surface area contributed by atoms with Crippen LogP contribution in [0.3, 0.4) is 0 Å². The first-order chi connectivity index (χ1) is 28.7. The van der Waals surface area contributed by atoms with Crippen LogP contribution >= 0.6 is 0 Å². The number of carboxylic acids is 1. The second kappa shape index (κ2) is 18.4. The molecule has 0 saturated heterocycles. The number of halogens is 2. The summed E-state index contributed by atoms with van der Waals surface area (Å²) < 4.78 is 29.1. The fourth-order valence-electron chi connectivity index (χ4n) is 6.40. The van der Waals surface area contributed by atoms with Crippen LogP contribution in [-0.2, 0) is 13.1 Å². The topological polar surface area (TPSA) is 139 Å². The van der Waals surface area contributed by atoms with E-state index < -0.39 is 14.2 Å². The number of aromatic carboxylic acids is 1. The molecule has 0 aliphatic carbocycles. The Morgan fingerprint density at radius 3 is 1.80 bits per heavy atom. The van der Waals surface area contributed by atoms with Crippen molar-refractivity contribution in [1.29, 1.82) is 0 Å². The van der Waals surface area contributed by atoms with Crippen LogP contribution in [0.1, 0.15) is 52.6 Å². The number of carbonyl (C=O) groups is 2. The Morgan fingerprint density at radius 1 is 0.733 bits per heavy atom. The SMILES string of the molecule is CC(C)(C)[Si](C)(C)n1cc(C(=O)O)c2cc(-c3cccc(F)c3)cnc21.NCc1ccccc1.O=C(NCc1ccccc1)c1c[nH]c2ncc(-c3cccc(F)c3)cc12. The number of fused-ring (bicyclic) bond motifs is 2. The molecule has 9 nitrogen and oxygen atoms in total. The molecule has 0 bridgehead atoms. The highest BCUT2D eigenvalue weighted by Crippen LogP contribution is 2.40. The number of nitrogens with zero attached hydrogens (tertiary/aromatic N) is 3. The van der Waals surface area contributed by atoms with Crippen LogP contribution in [0.4, 0.5) is 8.78 Å². The first-order valence-corrected chi connectivity index (χ1v) is 22.4. The highest BCUT2D eigenvalue weighted by atomic mass is 28.3. The third-order valence-electron chi connectivity index (χ3n) is 10.8. The highest BCUT2D eigenvalue weighted by Gasteiger charge is 2.39. The minimum absolute atomic E-state index is 0.0254. The maximum atomic E-state index is 13.6. The van der Waals surface area contributed by atoms with E-state index in [9.17, 15) is 23.5 Å². The number of nitrogens with one attached hydrogen (secondary N) is 2. The van der Waals surface area contributed by atoms with E-state index in [0.717, 1.165) is 16.7 Å². The summed E-state index contributed by atoms with van der Waals surface area (Å²) in [5, 5.41) is 13.9. The van der Waals surface area contributed by atoms with E-state index in [1.165, 1.54) is 29.8 Å². The predicted molar refractivity (Wildman–Crippen MR) is 238 cm³/mol. The van der Waals surface area contributed by atoms with Crippen LogP contribution in [0.2, 0.25) is 18.1 Å². The van der Waals surface area contributed by atoms with Crippen LogP contribution in [0.5, 0.6) is 0 Å². The highest BCUT2D eigenvalue weighted by molar-refractivity contribution is 6.79. The maximum absolute atomic E-state index is 13.6. The van der Waals surface area contributed by atoms with Gasteiger partial charge in [-0.25, -0.2) is 23.5 Å². The number of aromatic amines is 1. The first-order valence-electron chi connectivity index (χ1n) is 19.5. The summed E-state index contributed by atoms with van der Waals surface area (Å²) in [7, 11) is -2.05. The molecule has 4 aromatic heterocycles. The van der Waals surface area contributed by atoms with Gasteiger partial charge in [0.15, 0.2) is 8.24 Å². The Hall–Kier alpha value is -6.76. The summed E-state index contributed by atoms with van der Waals surface area (Å²) in [6.45, 7) is 12.0. The van der Waals surface area contributed by atoms with E-state index in [1.807, 2.05) is 72.8 Å². The second-order valence-corrected chi connectivity index (χ2v) is 20.9. The van der Waals surface area contributed by atoms with Crippen LogP contribution in [-0.4, -0.2) is 44.4 Å². The van der Waals surface area contributed by atoms with Crippen molar-refractivity contribution in [2.45, 2.75) is 52.0 Å². The molecule has 1 amide bonds. The Kier molecular flexibility index (Phi) is 13.2. The number of rotatable bonds is 8. The third kappa shape index (κ3) is 9.91. The summed E-state index contributed by atoms with van der Waals surface area (Å²) in [5.74, 6) is -1.80. The number of nitrogens with two attached hydrogens (primary N) is 1. The van der Waals surface area contributed by atoms with Crippen LogP contribution in [0, 0.1) is 11.6 Å². The van der Waals surface area contributed by atoms with E-state index in [1.54, 1.807) is 49.1 Å². The molecule has 0 spiro atoms. The predicted octanol–water partition coefficient (Wildman–Crippen LogP) is 10.8. The lowest BCUT2D eigenvalue weighted by Crippen LogP contribution is -2.45. The number of amides is 1. The van der Waals surface area contributed by atoms with Crippen molar-refractivity contribution in [3.8, 4) is 22.3 Å². The van der Waals surface area contributed by atoms with Crippen LogP contribution < -0.4 is 11.1 Å². The molecule has 306 valence electrons. The molecule has 0 aliphatic rings. The fraction of sp³-hybridized carbons (Fsp3) is 0.167. The van der Waals surface area contributed by atoms with Gasteiger partial charge >= 0.3 is 5.97 Å². The van der Waals surface area contributed by atoms with Gasteiger partial charge in [-0.3, -0.25) is 4.79 Å². The van der Waals surface area contributed by atoms with Crippen LogP contribution in [0.25, 0.3) is 44.3 Å². The zero-order chi connectivity index (χ0) is 43.0. The zero-order valence-electron chi connectivity index (χ0n) is 34.2. The molecule has 0 atom stereocenters. The molecule has 8 rings (SSSR count). The molecule has 0 radical (unpaired) electrons. The van der Waals surface area contributed by atoms with Gasteiger partial charge in [0, 0.05) is 59.8 Å². The quantitative estimate of drug-likeness (QED) is 0.113. The molecule has 4 aromatic carbocycles. The number of carbonyl (C=O) groups excluding carboxylic acids is 1. The molecular weight excluding hydrogens is 775 g/mol. The van der Waals surface area contributed by atoms with E-state index in [4.69, 9.17) is 5.73 Å². The molecule has 5 N–H and O–H groups in total. The van der Waals surface area contributed by atoms with Crippen molar-refractivity contribution in [1.82, 2.24) is 24.5 Å². The summed E-state index contributed by atoms with van der Waals surface area (Å²) in [4.78, 5) is 36.3. The average molecular weight is 823 g/mol. The standard InChI is InChI=1S/C21H16FN3O.C20H23FN2O2Si.C7H9N/c22-17-8-4-7-15(9-17)16-10-18-19(13-24-20(18)23-12-16)21(26)25-11-14-5-2-1-3-6-14;1-20(2,3)26(4,5)23-12-17(19(24)25)16-10-14(11-22-18(16)23)13-7-6-8-15(21)9-13;8-6-7-4-2-1-3-5-7/h1-10,12-13H,11H2,(H,23,24)(H,25,26);6-12H,1-5H3,(H,24,25);1-5H,6,8H2. The van der Waals surface area contributed by atoms with Crippen molar-refractivity contribution in [3.63, 3.8) is 0 Å². The van der Waals surface area contributed by atoms with Gasteiger partial charge in [-0.1, -0.05) is 119 Å². The molecule has 8 aromatic rings. The van der Waals surface area contributed by atoms with E-state index in [2.05, 4.69) is 58.4 Å². The molecule has 0 unspecified atom stereocenters. The summed E-state index contributed by atoms with van der Waals surface area (Å²) in [6.07, 6.45) is 6.71. The van der Waals surface area contributed by atoms with Crippen molar-refractivity contribution >= 4 is 42.2 Å². The number of aromatic nitrogens is 4. The van der Waals surface area contributed by atoms with Gasteiger partial charge in [-0.05, 0) is 63.7 Å². The molecule has 0 saturated carbocycles. The summed E-state index contributed by atoms with van der Waals surface area (Å²) >= 11 is 0. The molecule has 0 fully saturated rings. The van der Waals surface area contributed by atoms with Gasteiger partial charge in [0.2, 0.25) is 0 Å². The summed E-state index contributed by atoms with van der Waals surface area (Å²) in [5.41, 5.74) is 12.5. The first kappa shape index (κ1) is 42.8. The molecule has 12 heteroatoms. The number of H-pyrrole nitrogens is 1. The maximum Gasteiger partial charge on any atom is 0.337 e. The van der Waals surface area contributed by atoms with Crippen molar-refractivity contribution < 1.29 is 23.5 Å². The van der Waals surface area contributed by atoms with E-state index in [-0.39, 0.29) is 28.1 Å². The smallest absolute Gasteiger partial charge is 0.337 e. The number of carboxylic acid groups (broad SMARTS) is 1. The number of benzene rings is 4. The Labute approximate surface area is 349 Å². The Balaban J connectivity index is 0.000000170. The fourth-order valence-corrected chi connectivity index (χ4v) is 8.28. The summed E-state index contributed by atoms with van der Waals surface area (Å²) in [6, 6.07) is 35.9. The average Bonchev–Trinajstić information content (AvgIpc) is 3.86. The number of hydrogen-bond donors (Lipinski definition) is 4. The van der Waals surface area contributed by atoms with Crippen molar-refractivity contribution in [2.75, 3.05) is 0 Å². The Bertz CT molecular complexity index is 2750. The van der Waals surface area contributed by atoms with Crippen LogP contribution in [0.15, 0.2) is 146 Å². The van der Waals surface area contributed by atoms with E-state index in [0.29, 0.717) is 51.8 Å².